The molecule has 0 atom stereocenters. The summed E-state index contributed by atoms with van der Waals surface area (Å²) in [6, 6.07) is 1.26. The van der Waals surface area contributed by atoms with Crippen LogP contribution in [0.3, 0.4) is 0 Å². The summed E-state index contributed by atoms with van der Waals surface area (Å²) in [6.07, 6.45) is 2.90. The highest BCUT2D eigenvalue weighted by Crippen LogP contribution is 1.96. The number of hydrogen-bond donors (Lipinski definition) is 1. The summed E-state index contributed by atoms with van der Waals surface area (Å²) in [4.78, 5) is 22.0. The van der Waals surface area contributed by atoms with Gasteiger partial charge >= 0.3 is 5.97 Å². The molecule has 0 amide bonds. The number of aromatic carboxylic acids is 1. The number of carbonyl (C=O) groups is 1. The maximum absolute atomic E-state index is 11.2. The Labute approximate surface area is 99.6 Å². The van der Waals surface area contributed by atoms with Crippen LogP contribution in [0, 0.1) is 5.92 Å². The second-order valence-electron chi connectivity index (χ2n) is 4.23. The van der Waals surface area contributed by atoms with Crippen molar-refractivity contribution in [3.05, 3.63) is 34.2 Å². The van der Waals surface area contributed by atoms with Crippen LogP contribution in [0.5, 0.6) is 0 Å². The molecule has 0 spiro atoms. The lowest BCUT2D eigenvalue weighted by Gasteiger charge is -2.09. The van der Waals surface area contributed by atoms with E-state index in [1.165, 1.54) is 12.3 Å². The fourth-order valence-electron chi connectivity index (χ4n) is 1.31. The van der Waals surface area contributed by atoms with Gasteiger partial charge in [-0.05, 0) is 5.92 Å². The molecule has 0 radical (unpaired) electrons. The van der Waals surface area contributed by atoms with Crippen LogP contribution >= 0.6 is 0 Å². The molecule has 1 aromatic heterocycles. The third kappa shape index (κ3) is 4.40. The molecule has 0 aliphatic heterocycles. The number of pyridine rings is 1. The van der Waals surface area contributed by atoms with E-state index in [0.29, 0.717) is 25.7 Å². The fourth-order valence-corrected chi connectivity index (χ4v) is 1.31. The van der Waals surface area contributed by atoms with Gasteiger partial charge in [-0.1, -0.05) is 13.8 Å². The molecule has 17 heavy (non-hydrogen) atoms. The predicted molar refractivity (Wildman–Crippen MR) is 63.3 cm³/mol. The first-order chi connectivity index (χ1) is 8.00. The van der Waals surface area contributed by atoms with E-state index in [4.69, 9.17) is 9.84 Å². The summed E-state index contributed by atoms with van der Waals surface area (Å²) >= 11 is 0. The van der Waals surface area contributed by atoms with Gasteiger partial charge in [0.15, 0.2) is 5.43 Å². The summed E-state index contributed by atoms with van der Waals surface area (Å²) in [6.45, 7) is 5.82. The van der Waals surface area contributed by atoms with E-state index < -0.39 is 11.4 Å². The Morgan fingerprint density at radius 2 is 2.24 bits per heavy atom. The average molecular weight is 239 g/mol. The second-order valence-corrected chi connectivity index (χ2v) is 4.23. The van der Waals surface area contributed by atoms with Gasteiger partial charge in [0, 0.05) is 31.6 Å². The zero-order valence-corrected chi connectivity index (χ0v) is 10.0. The van der Waals surface area contributed by atoms with Gasteiger partial charge in [0.05, 0.1) is 6.61 Å². The number of aromatic nitrogens is 1. The number of carboxylic acids is 1. The maximum atomic E-state index is 11.2. The molecule has 0 aliphatic rings. The van der Waals surface area contributed by atoms with Crippen LogP contribution in [-0.2, 0) is 11.3 Å². The van der Waals surface area contributed by atoms with Crippen molar-refractivity contribution in [1.29, 1.82) is 0 Å². The van der Waals surface area contributed by atoms with Gasteiger partial charge in [0.1, 0.15) is 5.56 Å². The van der Waals surface area contributed by atoms with Crippen molar-refractivity contribution in [2.45, 2.75) is 20.4 Å². The normalized spacial score (nSPS) is 10.8. The largest absolute Gasteiger partial charge is 0.477 e. The Hall–Kier alpha value is -1.62. The van der Waals surface area contributed by atoms with Crippen LogP contribution in [0.1, 0.15) is 24.2 Å². The van der Waals surface area contributed by atoms with Gasteiger partial charge < -0.3 is 14.4 Å². The van der Waals surface area contributed by atoms with Gasteiger partial charge in [-0.2, -0.15) is 0 Å². The van der Waals surface area contributed by atoms with Crippen LogP contribution in [0.15, 0.2) is 23.3 Å². The number of ether oxygens (including phenoxy) is 1. The molecule has 0 aliphatic carbocycles. The van der Waals surface area contributed by atoms with E-state index in [1.54, 1.807) is 10.8 Å². The number of hydrogen-bond acceptors (Lipinski definition) is 3. The van der Waals surface area contributed by atoms with E-state index >= 15 is 0 Å². The molecule has 1 rings (SSSR count). The topological polar surface area (TPSA) is 68.5 Å². The predicted octanol–water partition coefficient (Wildman–Crippen LogP) is 1.22. The Morgan fingerprint density at radius 1 is 1.53 bits per heavy atom. The third-order valence-corrected chi connectivity index (χ3v) is 2.15. The quantitative estimate of drug-likeness (QED) is 0.758. The molecule has 5 nitrogen and oxygen atoms in total. The zero-order valence-electron chi connectivity index (χ0n) is 10.0. The average Bonchev–Trinajstić information content (AvgIpc) is 2.25. The first kappa shape index (κ1) is 13.4. The maximum Gasteiger partial charge on any atom is 0.341 e. The highest BCUT2D eigenvalue weighted by Gasteiger charge is 2.07. The molecule has 0 fully saturated rings. The molecule has 1 heterocycles. The summed E-state index contributed by atoms with van der Waals surface area (Å²) in [5, 5.41) is 8.79. The summed E-state index contributed by atoms with van der Waals surface area (Å²) in [5.41, 5.74) is -0.687. The Kier molecular flexibility index (Phi) is 4.90. The first-order valence-corrected chi connectivity index (χ1v) is 5.52. The molecule has 0 aromatic carbocycles. The van der Waals surface area contributed by atoms with Crippen LogP contribution in [0.2, 0.25) is 0 Å². The van der Waals surface area contributed by atoms with E-state index in [2.05, 4.69) is 13.8 Å². The van der Waals surface area contributed by atoms with Crippen molar-refractivity contribution in [3.8, 4) is 0 Å². The Morgan fingerprint density at radius 3 is 2.82 bits per heavy atom. The lowest BCUT2D eigenvalue weighted by molar-refractivity contribution is 0.0693. The van der Waals surface area contributed by atoms with Gasteiger partial charge in [-0.3, -0.25) is 4.79 Å². The minimum absolute atomic E-state index is 0.212. The van der Waals surface area contributed by atoms with Crippen LogP contribution in [0.25, 0.3) is 0 Å². The Balaban J connectivity index is 2.58. The molecule has 0 saturated heterocycles. The Bertz CT molecular complexity index is 436. The highest BCUT2D eigenvalue weighted by molar-refractivity contribution is 5.86. The highest BCUT2D eigenvalue weighted by atomic mass is 16.5. The fraction of sp³-hybridized carbons (Fsp3) is 0.500. The van der Waals surface area contributed by atoms with Crippen molar-refractivity contribution in [2.75, 3.05) is 13.2 Å². The minimum Gasteiger partial charge on any atom is -0.477 e. The van der Waals surface area contributed by atoms with Gasteiger partial charge in [0.25, 0.3) is 0 Å². The number of nitrogens with zero attached hydrogens (tertiary/aromatic N) is 1. The summed E-state index contributed by atoms with van der Waals surface area (Å²) in [7, 11) is 0. The van der Waals surface area contributed by atoms with Crippen LogP contribution < -0.4 is 5.43 Å². The summed E-state index contributed by atoms with van der Waals surface area (Å²) < 4.78 is 7.03. The zero-order chi connectivity index (χ0) is 12.8. The standard InChI is InChI=1S/C12H17NO4/c1-9(2)8-17-6-5-13-4-3-11(14)10(7-13)12(15)16/h3-4,7,9H,5-6,8H2,1-2H3,(H,15,16). The lowest BCUT2D eigenvalue weighted by Crippen LogP contribution is -2.18. The smallest absolute Gasteiger partial charge is 0.341 e. The molecule has 0 saturated carbocycles. The van der Waals surface area contributed by atoms with E-state index in [-0.39, 0.29) is 5.56 Å². The van der Waals surface area contributed by atoms with Crippen LogP contribution in [0.4, 0.5) is 0 Å². The van der Waals surface area contributed by atoms with Crippen LogP contribution in [-0.4, -0.2) is 28.9 Å². The monoisotopic (exact) mass is 239 g/mol. The molecular weight excluding hydrogens is 222 g/mol. The molecule has 1 aromatic rings. The molecule has 94 valence electrons. The van der Waals surface area contributed by atoms with Gasteiger partial charge in [0.2, 0.25) is 0 Å². The SMILES string of the molecule is CC(C)COCCn1ccc(=O)c(C(=O)O)c1. The first-order valence-electron chi connectivity index (χ1n) is 5.52. The van der Waals surface area contributed by atoms with E-state index in [1.807, 2.05) is 0 Å². The number of carboxylic acid groups (broad SMARTS) is 1. The van der Waals surface area contributed by atoms with E-state index in [0.717, 1.165) is 0 Å². The molecule has 1 N–H and O–H groups in total. The van der Waals surface area contributed by atoms with E-state index in [9.17, 15) is 9.59 Å². The van der Waals surface area contributed by atoms with Gasteiger partial charge in [-0.25, -0.2) is 4.79 Å². The van der Waals surface area contributed by atoms with Gasteiger partial charge in [-0.15, -0.1) is 0 Å². The number of rotatable bonds is 6. The molecule has 0 unspecified atom stereocenters. The van der Waals surface area contributed by atoms with Crippen molar-refractivity contribution >= 4 is 5.97 Å². The lowest BCUT2D eigenvalue weighted by atomic mass is 10.2. The minimum atomic E-state index is -1.20. The van der Waals surface area contributed by atoms with Crippen molar-refractivity contribution in [3.63, 3.8) is 0 Å². The second kappa shape index (κ2) is 6.20. The third-order valence-electron chi connectivity index (χ3n) is 2.15. The van der Waals surface area contributed by atoms with Crippen molar-refractivity contribution < 1.29 is 14.6 Å². The summed E-state index contributed by atoms with van der Waals surface area (Å²) in [5.74, 6) is -0.731. The molecular formula is C12H17NO4. The molecule has 0 bridgehead atoms. The molecule has 5 heteroatoms. The van der Waals surface area contributed by atoms with Crippen molar-refractivity contribution in [2.24, 2.45) is 5.92 Å². The van der Waals surface area contributed by atoms with Crippen molar-refractivity contribution in [1.82, 2.24) is 4.57 Å².